The molecule has 0 aliphatic carbocycles. The molecule has 0 heterocycles. The van der Waals surface area contributed by atoms with Gasteiger partial charge in [0.15, 0.2) is 5.11 Å². The third kappa shape index (κ3) is 5.46. The number of rotatable bonds is 3. The van der Waals surface area contributed by atoms with Gasteiger partial charge in [0.1, 0.15) is 0 Å². The fourth-order valence-corrected chi connectivity index (χ4v) is 2.44. The normalized spacial score (nSPS) is 10.0. The van der Waals surface area contributed by atoms with Gasteiger partial charge in [-0.25, -0.2) is 0 Å². The molecule has 0 aliphatic heterocycles. The van der Waals surface area contributed by atoms with Gasteiger partial charge in [-0.3, -0.25) is 4.79 Å². The van der Waals surface area contributed by atoms with Crippen LogP contribution in [-0.2, 0) is 11.2 Å². The molecular formula is C15H12BrClN2OS. The van der Waals surface area contributed by atoms with Crippen LogP contribution >= 0.6 is 39.7 Å². The van der Waals surface area contributed by atoms with Crippen molar-refractivity contribution in [2.45, 2.75) is 6.42 Å². The lowest BCUT2D eigenvalue weighted by Gasteiger charge is -2.10. The molecule has 0 aliphatic rings. The van der Waals surface area contributed by atoms with E-state index in [1.54, 1.807) is 12.1 Å². The van der Waals surface area contributed by atoms with E-state index >= 15 is 0 Å². The molecule has 2 aromatic rings. The SMILES string of the molecule is O=C(Cc1ccc(Cl)cc1)NC(=S)Nc1cccc(Br)c1. The van der Waals surface area contributed by atoms with Crippen LogP contribution in [0.2, 0.25) is 5.02 Å². The fraction of sp³-hybridized carbons (Fsp3) is 0.0667. The van der Waals surface area contributed by atoms with E-state index in [4.69, 9.17) is 23.8 Å². The molecule has 2 N–H and O–H groups in total. The minimum atomic E-state index is -0.176. The molecule has 2 rings (SSSR count). The number of carbonyl (C=O) groups excluding carboxylic acids is 1. The first kappa shape index (κ1) is 15.9. The van der Waals surface area contributed by atoms with E-state index in [0.717, 1.165) is 15.7 Å². The maximum Gasteiger partial charge on any atom is 0.230 e. The van der Waals surface area contributed by atoms with Crippen LogP contribution in [0, 0.1) is 0 Å². The van der Waals surface area contributed by atoms with Crippen LogP contribution in [0.15, 0.2) is 53.0 Å². The Bertz CT molecular complexity index is 661. The largest absolute Gasteiger partial charge is 0.332 e. The van der Waals surface area contributed by atoms with Gasteiger partial charge in [-0.2, -0.15) is 0 Å². The topological polar surface area (TPSA) is 41.1 Å². The van der Waals surface area contributed by atoms with Crippen LogP contribution in [0.3, 0.4) is 0 Å². The van der Waals surface area contributed by atoms with Crippen molar-refractivity contribution < 1.29 is 4.79 Å². The van der Waals surface area contributed by atoms with Crippen molar-refractivity contribution in [1.29, 1.82) is 0 Å². The summed E-state index contributed by atoms with van der Waals surface area (Å²) in [7, 11) is 0. The minimum absolute atomic E-state index is 0.176. The van der Waals surface area contributed by atoms with Crippen molar-refractivity contribution in [3.63, 3.8) is 0 Å². The molecule has 2 aromatic carbocycles. The summed E-state index contributed by atoms with van der Waals surface area (Å²) in [5, 5.41) is 6.52. The number of benzene rings is 2. The second kappa shape index (κ2) is 7.54. The summed E-state index contributed by atoms with van der Waals surface area (Å²) in [6.45, 7) is 0. The van der Waals surface area contributed by atoms with Gasteiger partial charge in [0, 0.05) is 15.2 Å². The smallest absolute Gasteiger partial charge is 0.230 e. The zero-order valence-electron chi connectivity index (χ0n) is 10.9. The first-order chi connectivity index (χ1) is 10.0. The fourth-order valence-electron chi connectivity index (χ4n) is 1.69. The first-order valence-electron chi connectivity index (χ1n) is 6.14. The first-order valence-corrected chi connectivity index (χ1v) is 7.72. The third-order valence-electron chi connectivity index (χ3n) is 2.61. The molecule has 0 spiro atoms. The van der Waals surface area contributed by atoms with E-state index in [1.807, 2.05) is 36.4 Å². The average molecular weight is 384 g/mol. The number of anilines is 1. The van der Waals surface area contributed by atoms with Crippen molar-refractivity contribution in [3.05, 3.63) is 63.6 Å². The second-order valence-corrected chi connectivity index (χ2v) is 6.08. The highest BCUT2D eigenvalue weighted by Crippen LogP contribution is 2.15. The lowest BCUT2D eigenvalue weighted by Crippen LogP contribution is -2.35. The van der Waals surface area contributed by atoms with E-state index in [2.05, 4.69) is 26.6 Å². The summed E-state index contributed by atoms with van der Waals surface area (Å²) >= 11 is 14.3. The summed E-state index contributed by atoms with van der Waals surface area (Å²) in [5.74, 6) is -0.176. The van der Waals surface area contributed by atoms with Gasteiger partial charge in [-0.1, -0.05) is 45.7 Å². The quantitative estimate of drug-likeness (QED) is 0.782. The van der Waals surface area contributed by atoms with Gasteiger partial charge in [0.05, 0.1) is 6.42 Å². The van der Waals surface area contributed by atoms with Crippen LogP contribution in [0.4, 0.5) is 5.69 Å². The number of hydrogen-bond donors (Lipinski definition) is 2. The highest BCUT2D eigenvalue weighted by Gasteiger charge is 2.06. The molecule has 0 saturated carbocycles. The Morgan fingerprint density at radius 3 is 2.57 bits per heavy atom. The van der Waals surface area contributed by atoms with Gasteiger partial charge in [0.2, 0.25) is 5.91 Å². The number of thiocarbonyl (C=S) groups is 1. The molecule has 3 nitrogen and oxygen atoms in total. The molecule has 0 bridgehead atoms. The summed E-state index contributed by atoms with van der Waals surface area (Å²) in [4.78, 5) is 11.9. The molecule has 6 heteroatoms. The highest BCUT2D eigenvalue weighted by molar-refractivity contribution is 9.10. The highest BCUT2D eigenvalue weighted by atomic mass is 79.9. The maximum atomic E-state index is 11.9. The van der Waals surface area contributed by atoms with Crippen molar-refractivity contribution in [2.75, 3.05) is 5.32 Å². The lowest BCUT2D eigenvalue weighted by molar-refractivity contribution is -0.119. The molecule has 0 atom stereocenters. The minimum Gasteiger partial charge on any atom is -0.332 e. The summed E-state index contributed by atoms with van der Waals surface area (Å²) < 4.78 is 0.933. The van der Waals surface area contributed by atoms with Crippen LogP contribution in [0.5, 0.6) is 0 Å². The summed E-state index contributed by atoms with van der Waals surface area (Å²) in [6, 6.07) is 14.7. The molecule has 0 fully saturated rings. The van der Waals surface area contributed by atoms with Gasteiger partial charge in [-0.15, -0.1) is 0 Å². The Morgan fingerprint density at radius 2 is 1.90 bits per heavy atom. The van der Waals surface area contributed by atoms with E-state index in [0.29, 0.717) is 5.02 Å². The molecule has 1 amide bonds. The molecule has 0 unspecified atom stereocenters. The van der Waals surface area contributed by atoms with Crippen molar-refractivity contribution in [2.24, 2.45) is 0 Å². The Kier molecular flexibility index (Phi) is 5.73. The number of nitrogens with one attached hydrogen (secondary N) is 2. The van der Waals surface area contributed by atoms with Gasteiger partial charge in [0.25, 0.3) is 0 Å². The van der Waals surface area contributed by atoms with E-state index in [-0.39, 0.29) is 17.4 Å². The maximum absolute atomic E-state index is 11.9. The molecule has 108 valence electrons. The van der Waals surface area contributed by atoms with Crippen LogP contribution in [0.1, 0.15) is 5.56 Å². The monoisotopic (exact) mass is 382 g/mol. The Hall–Kier alpha value is -1.43. The molecule has 21 heavy (non-hydrogen) atoms. The van der Waals surface area contributed by atoms with Crippen LogP contribution in [0.25, 0.3) is 0 Å². The Morgan fingerprint density at radius 1 is 1.19 bits per heavy atom. The van der Waals surface area contributed by atoms with Gasteiger partial charge >= 0.3 is 0 Å². The zero-order chi connectivity index (χ0) is 15.2. The molecular weight excluding hydrogens is 372 g/mol. The Balaban J connectivity index is 1.87. The zero-order valence-corrected chi connectivity index (χ0v) is 14.1. The summed E-state index contributed by atoms with van der Waals surface area (Å²) in [5.41, 5.74) is 1.68. The van der Waals surface area contributed by atoms with Crippen molar-refractivity contribution in [3.8, 4) is 0 Å². The molecule has 0 radical (unpaired) electrons. The van der Waals surface area contributed by atoms with Crippen LogP contribution < -0.4 is 10.6 Å². The van der Waals surface area contributed by atoms with E-state index in [9.17, 15) is 4.79 Å². The predicted molar refractivity (Wildman–Crippen MR) is 93.7 cm³/mol. The number of halogens is 2. The van der Waals surface area contributed by atoms with Crippen molar-refractivity contribution >= 4 is 56.5 Å². The third-order valence-corrected chi connectivity index (χ3v) is 3.56. The van der Waals surface area contributed by atoms with E-state index < -0.39 is 0 Å². The molecule has 0 aromatic heterocycles. The second-order valence-electron chi connectivity index (χ2n) is 4.32. The lowest BCUT2D eigenvalue weighted by atomic mass is 10.1. The standard InChI is InChI=1S/C15H12BrClN2OS/c16-11-2-1-3-13(9-11)18-15(21)19-14(20)8-10-4-6-12(17)7-5-10/h1-7,9H,8H2,(H2,18,19,20,21). The Labute approximate surface area is 141 Å². The predicted octanol–water partition coefficient (Wildman–Crippen LogP) is 4.16. The van der Waals surface area contributed by atoms with Gasteiger partial charge < -0.3 is 10.6 Å². The van der Waals surface area contributed by atoms with Crippen LogP contribution in [-0.4, -0.2) is 11.0 Å². The number of carbonyl (C=O) groups is 1. The van der Waals surface area contributed by atoms with E-state index in [1.165, 1.54) is 0 Å². The number of amides is 1. The summed E-state index contributed by atoms with van der Waals surface area (Å²) in [6.07, 6.45) is 0.247. The number of hydrogen-bond acceptors (Lipinski definition) is 2. The average Bonchev–Trinajstić information content (AvgIpc) is 2.41. The van der Waals surface area contributed by atoms with Crippen molar-refractivity contribution in [1.82, 2.24) is 5.32 Å². The molecule has 0 saturated heterocycles. The van der Waals surface area contributed by atoms with Gasteiger partial charge in [-0.05, 0) is 48.1 Å².